The molecule has 0 amide bonds. The van der Waals surface area contributed by atoms with Crippen molar-refractivity contribution in [3.8, 4) is 11.1 Å². The minimum atomic E-state index is 0.510. The van der Waals surface area contributed by atoms with E-state index in [9.17, 15) is 0 Å². The summed E-state index contributed by atoms with van der Waals surface area (Å²) in [6, 6.07) is 11.6. The SMILES string of the molecule is Nc1cc(Cl)c(-c2ccccc2)c(I)c1Cl. The van der Waals surface area contributed by atoms with Gasteiger partial charge in [0, 0.05) is 9.13 Å². The predicted octanol–water partition coefficient (Wildman–Crippen LogP) is 4.85. The molecule has 0 fully saturated rings. The van der Waals surface area contributed by atoms with Crippen LogP contribution in [0.2, 0.25) is 10.0 Å². The van der Waals surface area contributed by atoms with Gasteiger partial charge in [0.2, 0.25) is 0 Å². The fourth-order valence-corrected chi connectivity index (χ4v) is 3.03. The lowest BCUT2D eigenvalue weighted by Gasteiger charge is -2.11. The van der Waals surface area contributed by atoms with Gasteiger partial charge in [-0.1, -0.05) is 53.5 Å². The Kier molecular flexibility index (Phi) is 3.62. The van der Waals surface area contributed by atoms with Gasteiger partial charge in [0.15, 0.2) is 0 Å². The molecule has 0 heterocycles. The molecule has 2 rings (SSSR count). The van der Waals surface area contributed by atoms with Crippen molar-refractivity contribution < 1.29 is 0 Å². The lowest BCUT2D eigenvalue weighted by Crippen LogP contribution is -1.93. The summed E-state index contributed by atoms with van der Waals surface area (Å²) in [5, 5.41) is 1.18. The fraction of sp³-hybridized carbons (Fsp3) is 0. The molecule has 2 N–H and O–H groups in total. The number of nitrogen functional groups attached to an aromatic ring is 1. The van der Waals surface area contributed by atoms with E-state index in [0.29, 0.717) is 15.7 Å². The van der Waals surface area contributed by atoms with Crippen LogP contribution < -0.4 is 5.73 Å². The van der Waals surface area contributed by atoms with E-state index in [1.807, 2.05) is 30.3 Å². The average Bonchev–Trinajstić information content (AvgIpc) is 2.28. The Morgan fingerprint density at radius 1 is 1.06 bits per heavy atom. The van der Waals surface area contributed by atoms with Crippen LogP contribution in [0.3, 0.4) is 0 Å². The maximum Gasteiger partial charge on any atom is 0.0776 e. The predicted molar refractivity (Wildman–Crippen MR) is 79.0 cm³/mol. The van der Waals surface area contributed by atoms with E-state index < -0.39 is 0 Å². The molecule has 1 nitrogen and oxygen atoms in total. The molecule has 0 aliphatic rings. The first kappa shape index (κ1) is 12.0. The minimum Gasteiger partial charge on any atom is -0.397 e. The number of rotatable bonds is 1. The highest BCUT2D eigenvalue weighted by molar-refractivity contribution is 14.1. The average molecular weight is 364 g/mol. The second kappa shape index (κ2) is 4.82. The van der Waals surface area contributed by atoms with E-state index in [2.05, 4.69) is 22.6 Å². The van der Waals surface area contributed by atoms with Gasteiger partial charge in [0.05, 0.1) is 15.7 Å². The van der Waals surface area contributed by atoms with Crippen molar-refractivity contribution in [1.82, 2.24) is 0 Å². The zero-order valence-electron chi connectivity index (χ0n) is 8.18. The number of halogens is 3. The monoisotopic (exact) mass is 363 g/mol. The van der Waals surface area contributed by atoms with E-state index in [1.54, 1.807) is 6.07 Å². The second-order valence-corrected chi connectivity index (χ2v) is 5.18. The van der Waals surface area contributed by atoms with Crippen LogP contribution >= 0.6 is 45.8 Å². The molecular formula is C12H8Cl2IN. The molecule has 0 aliphatic heterocycles. The number of benzene rings is 2. The Bertz CT molecular complexity index is 526. The normalized spacial score (nSPS) is 10.4. The van der Waals surface area contributed by atoms with Crippen molar-refractivity contribution in [3.63, 3.8) is 0 Å². The molecule has 0 spiro atoms. The highest BCUT2D eigenvalue weighted by Gasteiger charge is 2.13. The summed E-state index contributed by atoms with van der Waals surface area (Å²) in [6.07, 6.45) is 0. The molecule has 2 aromatic carbocycles. The van der Waals surface area contributed by atoms with Crippen LogP contribution in [0.5, 0.6) is 0 Å². The molecule has 2 aromatic rings. The Morgan fingerprint density at radius 3 is 2.31 bits per heavy atom. The smallest absolute Gasteiger partial charge is 0.0776 e. The maximum absolute atomic E-state index is 6.20. The molecule has 0 aliphatic carbocycles. The Balaban J connectivity index is 2.71. The zero-order valence-corrected chi connectivity index (χ0v) is 11.8. The van der Waals surface area contributed by atoms with Crippen LogP contribution in [0.1, 0.15) is 0 Å². The Hall–Kier alpha value is -0.450. The number of anilines is 1. The van der Waals surface area contributed by atoms with Crippen molar-refractivity contribution in [1.29, 1.82) is 0 Å². The van der Waals surface area contributed by atoms with Gasteiger partial charge >= 0.3 is 0 Å². The third kappa shape index (κ3) is 2.14. The largest absolute Gasteiger partial charge is 0.397 e. The summed E-state index contributed by atoms with van der Waals surface area (Å²) in [4.78, 5) is 0. The first-order valence-electron chi connectivity index (χ1n) is 4.59. The topological polar surface area (TPSA) is 26.0 Å². The van der Waals surface area contributed by atoms with Crippen LogP contribution in [0, 0.1) is 3.57 Å². The molecule has 0 bridgehead atoms. The standard InChI is InChI=1S/C12H8Cl2IN/c13-8-6-9(16)11(14)12(15)10(8)7-4-2-1-3-5-7/h1-6H,16H2. The van der Waals surface area contributed by atoms with Gasteiger partial charge in [0.25, 0.3) is 0 Å². The van der Waals surface area contributed by atoms with Crippen molar-refractivity contribution in [2.75, 3.05) is 5.73 Å². The van der Waals surface area contributed by atoms with Crippen molar-refractivity contribution >= 4 is 51.5 Å². The molecule has 0 unspecified atom stereocenters. The van der Waals surface area contributed by atoms with Gasteiger partial charge in [-0.15, -0.1) is 0 Å². The van der Waals surface area contributed by atoms with Crippen LogP contribution in [0.15, 0.2) is 36.4 Å². The molecule has 0 saturated carbocycles. The molecular weight excluding hydrogens is 356 g/mol. The third-order valence-electron chi connectivity index (χ3n) is 2.25. The van der Waals surface area contributed by atoms with Crippen molar-refractivity contribution in [2.45, 2.75) is 0 Å². The Morgan fingerprint density at radius 2 is 1.69 bits per heavy atom. The van der Waals surface area contributed by atoms with E-state index in [4.69, 9.17) is 28.9 Å². The molecule has 0 atom stereocenters. The van der Waals surface area contributed by atoms with Crippen LogP contribution in [-0.2, 0) is 0 Å². The molecule has 0 saturated heterocycles. The van der Waals surface area contributed by atoms with E-state index in [1.165, 1.54) is 0 Å². The molecule has 0 aromatic heterocycles. The molecule has 0 radical (unpaired) electrons. The van der Waals surface area contributed by atoms with E-state index in [-0.39, 0.29) is 0 Å². The summed E-state index contributed by atoms with van der Waals surface area (Å²) in [6.45, 7) is 0. The molecule has 82 valence electrons. The maximum atomic E-state index is 6.20. The highest BCUT2D eigenvalue weighted by Crippen LogP contribution is 2.39. The summed E-state index contributed by atoms with van der Waals surface area (Å²) in [5.74, 6) is 0. The van der Waals surface area contributed by atoms with Crippen LogP contribution in [0.25, 0.3) is 11.1 Å². The first-order chi connectivity index (χ1) is 7.61. The van der Waals surface area contributed by atoms with Gasteiger partial charge in [-0.2, -0.15) is 0 Å². The first-order valence-corrected chi connectivity index (χ1v) is 6.43. The van der Waals surface area contributed by atoms with Gasteiger partial charge in [-0.05, 0) is 34.2 Å². The van der Waals surface area contributed by atoms with E-state index >= 15 is 0 Å². The van der Waals surface area contributed by atoms with Gasteiger partial charge in [-0.25, -0.2) is 0 Å². The zero-order chi connectivity index (χ0) is 11.7. The van der Waals surface area contributed by atoms with Crippen LogP contribution in [-0.4, -0.2) is 0 Å². The summed E-state index contributed by atoms with van der Waals surface area (Å²) >= 11 is 14.5. The Labute approximate surface area is 118 Å². The quantitative estimate of drug-likeness (QED) is 0.437. The van der Waals surface area contributed by atoms with Gasteiger partial charge in [0.1, 0.15) is 0 Å². The van der Waals surface area contributed by atoms with Gasteiger partial charge in [-0.3, -0.25) is 0 Å². The van der Waals surface area contributed by atoms with Gasteiger partial charge < -0.3 is 5.73 Å². The summed E-state index contributed by atoms with van der Waals surface area (Å²) in [7, 11) is 0. The minimum absolute atomic E-state index is 0.510. The van der Waals surface area contributed by atoms with Crippen molar-refractivity contribution in [3.05, 3.63) is 50.0 Å². The third-order valence-corrected chi connectivity index (χ3v) is 4.35. The number of hydrogen-bond acceptors (Lipinski definition) is 1. The lowest BCUT2D eigenvalue weighted by molar-refractivity contribution is 1.57. The molecule has 4 heteroatoms. The number of nitrogens with two attached hydrogens (primary N) is 1. The fourth-order valence-electron chi connectivity index (χ4n) is 1.48. The number of hydrogen-bond donors (Lipinski definition) is 1. The second-order valence-electron chi connectivity index (χ2n) is 3.32. The lowest BCUT2D eigenvalue weighted by atomic mass is 10.1. The van der Waals surface area contributed by atoms with E-state index in [0.717, 1.165) is 14.7 Å². The van der Waals surface area contributed by atoms with Crippen molar-refractivity contribution in [2.24, 2.45) is 0 Å². The highest BCUT2D eigenvalue weighted by atomic mass is 127. The molecule has 16 heavy (non-hydrogen) atoms. The summed E-state index contributed by atoms with van der Waals surface area (Å²) in [5.41, 5.74) is 8.23. The van der Waals surface area contributed by atoms with Crippen LogP contribution in [0.4, 0.5) is 5.69 Å². The summed E-state index contributed by atoms with van der Waals surface area (Å²) < 4.78 is 0.885.